The summed E-state index contributed by atoms with van der Waals surface area (Å²) in [7, 11) is 0. The number of fused-ring (bicyclic) bond motifs is 1. The van der Waals surface area contributed by atoms with Gasteiger partial charge < -0.3 is 5.73 Å². The minimum absolute atomic E-state index is 0.287. The third kappa shape index (κ3) is 3.07. The van der Waals surface area contributed by atoms with Gasteiger partial charge in [-0.2, -0.15) is 0 Å². The van der Waals surface area contributed by atoms with Crippen LogP contribution in [-0.2, 0) is 12.8 Å². The van der Waals surface area contributed by atoms with Crippen LogP contribution in [0.5, 0.6) is 0 Å². The van der Waals surface area contributed by atoms with Gasteiger partial charge in [0.15, 0.2) is 0 Å². The van der Waals surface area contributed by atoms with Gasteiger partial charge in [0.05, 0.1) is 0 Å². The van der Waals surface area contributed by atoms with Gasteiger partial charge in [0, 0.05) is 10.9 Å². The summed E-state index contributed by atoms with van der Waals surface area (Å²) in [5.74, 6) is 0.667. The van der Waals surface area contributed by atoms with Crippen molar-refractivity contribution in [2.45, 2.75) is 44.1 Å². The zero-order chi connectivity index (χ0) is 13.1. The minimum atomic E-state index is 0.287. The fourth-order valence-electron chi connectivity index (χ4n) is 3.24. The molecule has 1 aliphatic rings. The highest BCUT2D eigenvalue weighted by molar-refractivity contribution is 7.09. The van der Waals surface area contributed by atoms with Crippen molar-refractivity contribution in [1.82, 2.24) is 0 Å². The van der Waals surface area contributed by atoms with E-state index in [-0.39, 0.29) is 6.04 Å². The first-order chi connectivity index (χ1) is 9.33. The summed E-state index contributed by atoms with van der Waals surface area (Å²) in [4.78, 5) is 1.41. The van der Waals surface area contributed by atoms with Crippen molar-refractivity contribution < 1.29 is 0 Å². The summed E-state index contributed by atoms with van der Waals surface area (Å²) in [6.45, 7) is 0. The first-order valence-corrected chi connectivity index (χ1v) is 8.06. The first-order valence-electron chi connectivity index (χ1n) is 7.18. The molecule has 0 bridgehead atoms. The average Bonchev–Trinajstić information content (AvgIpc) is 2.92. The predicted octanol–water partition coefficient (Wildman–Crippen LogP) is 4.13. The standard InChI is InChI=1S/C17H21NS/c18-15(12-16-8-4-10-19-16)11-14-7-3-6-13-5-1-2-9-17(13)14/h1-2,4-5,8-10,14-15H,3,6-7,11-12,18H2. The van der Waals surface area contributed by atoms with Gasteiger partial charge in [-0.25, -0.2) is 0 Å². The normalized spacial score (nSPS) is 19.9. The van der Waals surface area contributed by atoms with E-state index in [1.54, 1.807) is 11.1 Å². The van der Waals surface area contributed by atoms with Crippen LogP contribution in [0, 0.1) is 0 Å². The van der Waals surface area contributed by atoms with Crippen molar-refractivity contribution in [2.24, 2.45) is 5.73 Å². The van der Waals surface area contributed by atoms with E-state index >= 15 is 0 Å². The Morgan fingerprint density at radius 3 is 2.95 bits per heavy atom. The van der Waals surface area contributed by atoms with Crippen molar-refractivity contribution >= 4 is 11.3 Å². The monoisotopic (exact) mass is 271 g/mol. The van der Waals surface area contributed by atoms with E-state index in [4.69, 9.17) is 5.73 Å². The van der Waals surface area contributed by atoms with Gasteiger partial charge in [-0.1, -0.05) is 30.3 Å². The Morgan fingerprint density at radius 1 is 1.21 bits per heavy atom. The number of hydrogen-bond acceptors (Lipinski definition) is 2. The second-order valence-corrected chi connectivity index (χ2v) is 6.60. The van der Waals surface area contributed by atoms with E-state index in [2.05, 4.69) is 41.8 Å². The molecule has 0 aliphatic heterocycles. The summed E-state index contributed by atoms with van der Waals surface area (Å²) in [6, 6.07) is 13.5. The molecule has 2 unspecified atom stereocenters. The van der Waals surface area contributed by atoms with Crippen molar-refractivity contribution in [2.75, 3.05) is 0 Å². The molecule has 0 saturated heterocycles. The van der Waals surface area contributed by atoms with E-state index in [0.717, 1.165) is 12.8 Å². The number of benzene rings is 1. The minimum Gasteiger partial charge on any atom is -0.327 e. The Bertz CT molecular complexity index is 518. The molecule has 1 heterocycles. The van der Waals surface area contributed by atoms with Crippen LogP contribution in [0.3, 0.4) is 0 Å². The number of aryl methyl sites for hydroxylation is 1. The lowest BCUT2D eigenvalue weighted by Gasteiger charge is -2.27. The SMILES string of the molecule is NC(Cc1cccs1)CC1CCCc2ccccc21. The molecule has 0 amide bonds. The van der Waals surface area contributed by atoms with Gasteiger partial charge in [0.2, 0.25) is 0 Å². The molecule has 19 heavy (non-hydrogen) atoms. The Hall–Kier alpha value is -1.12. The molecule has 1 aromatic heterocycles. The van der Waals surface area contributed by atoms with Gasteiger partial charge in [-0.3, -0.25) is 0 Å². The summed E-state index contributed by atoms with van der Waals surface area (Å²) in [5, 5.41) is 2.14. The fraction of sp³-hybridized carbons (Fsp3) is 0.412. The molecule has 2 heteroatoms. The number of hydrogen-bond donors (Lipinski definition) is 1. The highest BCUT2D eigenvalue weighted by Gasteiger charge is 2.21. The van der Waals surface area contributed by atoms with Gasteiger partial charge >= 0.3 is 0 Å². The molecule has 0 radical (unpaired) electrons. The third-order valence-corrected chi connectivity index (χ3v) is 5.02. The van der Waals surface area contributed by atoms with E-state index in [1.807, 2.05) is 11.3 Å². The maximum absolute atomic E-state index is 6.36. The largest absolute Gasteiger partial charge is 0.327 e. The molecule has 0 spiro atoms. The summed E-state index contributed by atoms with van der Waals surface area (Å²) >= 11 is 1.82. The zero-order valence-corrected chi connectivity index (χ0v) is 12.0. The summed E-state index contributed by atoms with van der Waals surface area (Å²) in [6.07, 6.45) is 6.00. The third-order valence-electron chi connectivity index (χ3n) is 4.12. The first kappa shape index (κ1) is 12.9. The molecule has 2 atom stereocenters. The van der Waals surface area contributed by atoms with Gasteiger partial charge in [0.25, 0.3) is 0 Å². The highest BCUT2D eigenvalue weighted by atomic mass is 32.1. The Kier molecular flexibility index (Phi) is 4.00. The van der Waals surface area contributed by atoms with Crippen LogP contribution in [-0.4, -0.2) is 6.04 Å². The molecular weight excluding hydrogens is 250 g/mol. The molecular formula is C17H21NS. The topological polar surface area (TPSA) is 26.0 Å². The molecule has 2 N–H and O–H groups in total. The lowest BCUT2D eigenvalue weighted by atomic mass is 9.79. The Morgan fingerprint density at radius 2 is 2.11 bits per heavy atom. The fourth-order valence-corrected chi connectivity index (χ4v) is 4.03. The van der Waals surface area contributed by atoms with Gasteiger partial charge in [-0.15, -0.1) is 11.3 Å². The van der Waals surface area contributed by atoms with Crippen LogP contribution in [0.15, 0.2) is 41.8 Å². The molecule has 0 saturated carbocycles. The summed E-state index contributed by atoms with van der Waals surface area (Å²) in [5.41, 5.74) is 9.45. The van der Waals surface area contributed by atoms with Gasteiger partial charge in [-0.05, 0) is 60.6 Å². The molecule has 2 aromatic rings. The highest BCUT2D eigenvalue weighted by Crippen LogP contribution is 2.34. The van der Waals surface area contributed by atoms with E-state index in [1.165, 1.54) is 24.1 Å². The van der Waals surface area contributed by atoms with Crippen molar-refractivity contribution in [3.05, 3.63) is 57.8 Å². The second kappa shape index (κ2) is 5.89. The smallest absolute Gasteiger partial charge is 0.00930 e. The number of nitrogens with two attached hydrogens (primary N) is 1. The van der Waals surface area contributed by atoms with Crippen LogP contribution in [0.4, 0.5) is 0 Å². The molecule has 1 aromatic carbocycles. The van der Waals surface area contributed by atoms with Crippen LogP contribution in [0.1, 0.15) is 41.2 Å². The molecule has 1 nitrogen and oxygen atoms in total. The number of thiophene rings is 1. The second-order valence-electron chi connectivity index (χ2n) is 5.57. The van der Waals surface area contributed by atoms with Crippen molar-refractivity contribution in [1.29, 1.82) is 0 Å². The van der Waals surface area contributed by atoms with E-state index in [0.29, 0.717) is 5.92 Å². The number of rotatable bonds is 4. The molecule has 3 rings (SSSR count). The maximum atomic E-state index is 6.36. The predicted molar refractivity (Wildman–Crippen MR) is 82.7 cm³/mol. The lowest BCUT2D eigenvalue weighted by Crippen LogP contribution is -2.26. The van der Waals surface area contributed by atoms with Crippen LogP contribution in [0.2, 0.25) is 0 Å². The van der Waals surface area contributed by atoms with Crippen LogP contribution in [0.25, 0.3) is 0 Å². The Labute approximate surface area is 119 Å². The lowest BCUT2D eigenvalue weighted by molar-refractivity contribution is 0.467. The molecule has 0 fully saturated rings. The quantitative estimate of drug-likeness (QED) is 0.889. The maximum Gasteiger partial charge on any atom is 0.00930 e. The van der Waals surface area contributed by atoms with Crippen molar-refractivity contribution in [3.8, 4) is 0 Å². The summed E-state index contributed by atoms with van der Waals surface area (Å²) < 4.78 is 0. The van der Waals surface area contributed by atoms with E-state index < -0.39 is 0 Å². The van der Waals surface area contributed by atoms with Crippen LogP contribution >= 0.6 is 11.3 Å². The molecule has 100 valence electrons. The van der Waals surface area contributed by atoms with E-state index in [9.17, 15) is 0 Å². The van der Waals surface area contributed by atoms with Gasteiger partial charge in [0.1, 0.15) is 0 Å². The van der Waals surface area contributed by atoms with Crippen molar-refractivity contribution in [3.63, 3.8) is 0 Å². The average molecular weight is 271 g/mol. The Balaban J connectivity index is 1.67. The van der Waals surface area contributed by atoms with Crippen LogP contribution < -0.4 is 5.73 Å². The zero-order valence-electron chi connectivity index (χ0n) is 11.2. The molecule has 1 aliphatic carbocycles.